The lowest BCUT2D eigenvalue weighted by atomic mass is 9.83. The number of ether oxygens (including phenoxy) is 1. The molecule has 216 valence electrons. The molecule has 8 heteroatoms. The van der Waals surface area contributed by atoms with Crippen LogP contribution in [0, 0.1) is 11.6 Å². The third-order valence-electron chi connectivity index (χ3n) is 7.73. The molecule has 0 bridgehead atoms. The molecule has 1 aromatic heterocycles. The van der Waals surface area contributed by atoms with Crippen LogP contribution in [0.3, 0.4) is 0 Å². The number of hydrogen-bond donors (Lipinski definition) is 1. The summed E-state index contributed by atoms with van der Waals surface area (Å²) >= 11 is 0. The van der Waals surface area contributed by atoms with Crippen LogP contribution in [0.2, 0.25) is 0 Å². The first-order valence-electron chi connectivity index (χ1n) is 14.3. The number of rotatable bonds is 11. The van der Waals surface area contributed by atoms with Crippen LogP contribution in [-0.2, 0) is 11.3 Å². The average Bonchev–Trinajstić information content (AvgIpc) is 3.31. The molecule has 1 fully saturated rings. The van der Waals surface area contributed by atoms with Gasteiger partial charge in [-0.25, -0.2) is 8.78 Å². The number of para-hydroxylation sites is 1. The van der Waals surface area contributed by atoms with Crippen molar-refractivity contribution < 1.29 is 18.3 Å². The molecule has 41 heavy (non-hydrogen) atoms. The van der Waals surface area contributed by atoms with Gasteiger partial charge in [0.25, 0.3) is 5.91 Å². The third-order valence-corrected chi connectivity index (χ3v) is 7.73. The van der Waals surface area contributed by atoms with Crippen LogP contribution < -0.4 is 5.32 Å². The van der Waals surface area contributed by atoms with E-state index in [1.165, 1.54) is 24.3 Å². The van der Waals surface area contributed by atoms with Crippen LogP contribution >= 0.6 is 0 Å². The summed E-state index contributed by atoms with van der Waals surface area (Å²) in [6.07, 6.45) is 0.832. The van der Waals surface area contributed by atoms with Crippen LogP contribution in [0.5, 0.6) is 0 Å². The minimum atomic E-state index is -0.407. The van der Waals surface area contributed by atoms with Crippen LogP contribution in [0.1, 0.15) is 39.5 Å². The number of morpholine rings is 1. The molecule has 6 nitrogen and oxygen atoms in total. The Morgan fingerprint density at radius 3 is 2.12 bits per heavy atom. The molecule has 3 aromatic carbocycles. The number of nitrogens with zero attached hydrogens (tertiary/aromatic N) is 3. The number of nitrogens with one attached hydrogen (secondary N) is 1. The third kappa shape index (κ3) is 6.84. The van der Waals surface area contributed by atoms with Crippen LogP contribution in [0.25, 0.3) is 10.9 Å². The Balaban J connectivity index is 1.59. The first-order chi connectivity index (χ1) is 19.9. The zero-order valence-electron chi connectivity index (χ0n) is 23.8. The highest BCUT2D eigenvalue weighted by Crippen LogP contribution is 2.40. The van der Waals surface area contributed by atoms with Crippen molar-refractivity contribution in [1.29, 1.82) is 0 Å². The molecular weight excluding hydrogens is 522 g/mol. The molecular formula is C33H38F2N4O2. The van der Waals surface area contributed by atoms with Crippen molar-refractivity contribution in [2.75, 3.05) is 60.0 Å². The number of benzene rings is 3. The Morgan fingerprint density at radius 2 is 1.51 bits per heavy atom. The van der Waals surface area contributed by atoms with Gasteiger partial charge in [0.15, 0.2) is 0 Å². The molecule has 1 N–H and O–H groups in total. The van der Waals surface area contributed by atoms with E-state index in [-0.39, 0.29) is 17.5 Å². The molecule has 0 aliphatic carbocycles. The van der Waals surface area contributed by atoms with Gasteiger partial charge in [0.05, 0.1) is 13.2 Å². The Labute approximate surface area is 240 Å². The monoisotopic (exact) mass is 560 g/mol. The normalized spacial score (nSPS) is 14.3. The summed E-state index contributed by atoms with van der Waals surface area (Å²) in [5.74, 6) is -1.22. The lowest BCUT2D eigenvalue weighted by molar-refractivity contribution is 0.0374. The molecule has 1 aliphatic rings. The smallest absolute Gasteiger partial charge is 0.268 e. The van der Waals surface area contributed by atoms with E-state index in [2.05, 4.69) is 19.7 Å². The van der Waals surface area contributed by atoms with Gasteiger partial charge in [-0.15, -0.1) is 0 Å². The number of hydrogen-bond acceptors (Lipinski definition) is 4. The van der Waals surface area contributed by atoms with Gasteiger partial charge in [0, 0.05) is 55.1 Å². The fraction of sp³-hybridized carbons (Fsp3) is 0.364. The minimum Gasteiger partial charge on any atom is -0.379 e. The summed E-state index contributed by atoms with van der Waals surface area (Å²) in [5.41, 5.74) is 4.03. The number of carbonyl (C=O) groups excluding carboxylic acids is 1. The summed E-state index contributed by atoms with van der Waals surface area (Å²) < 4.78 is 35.6. The lowest BCUT2D eigenvalue weighted by Gasteiger charge is -2.26. The van der Waals surface area contributed by atoms with Gasteiger partial charge in [-0.2, -0.15) is 0 Å². The van der Waals surface area contributed by atoms with E-state index in [1.54, 1.807) is 24.3 Å². The zero-order valence-corrected chi connectivity index (χ0v) is 23.8. The highest BCUT2D eigenvalue weighted by Gasteiger charge is 2.30. The molecule has 1 amide bonds. The maximum atomic E-state index is 14.1. The first kappa shape index (κ1) is 28.9. The molecule has 1 aliphatic heterocycles. The Bertz CT molecular complexity index is 1400. The summed E-state index contributed by atoms with van der Waals surface area (Å²) in [5, 5.41) is 4.14. The SMILES string of the molecule is CN(C)CCn1c(C(=O)NCCCN2CCOCC2)c(C(c2ccc(F)cc2)c2ccc(F)cc2)c2ccccc21. The lowest BCUT2D eigenvalue weighted by Crippen LogP contribution is -2.38. The van der Waals surface area contributed by atoms with Gasteiger partial charge >= 0.3 is 0 Å². The fourth-order valence-corrected chi connectivity index (χ4v) is 5.65. The number of fused-ring (bicyclic) bond motifs is 1. The van der Waals surface area contributed by atoms with Crippen molar-refractivity contribution in [3.05, 3.63) is 107 Å². The topological polar surface area (TPSA) is 49.7 Å². The molecule has 0 spiro atoms. The van der Waals surface area contributed by atoms with Crippen molar-refractivity contribution in [2.45, 2.75) is 18.9 Å². The maximum Gasteiger partial charge on any atom is 0.268 e. The van der Waals surface area contributed by atoms with Crippen LogP contribution in [0.15, 0.2) is 72.8 Å². The molecule has 0 unspecified atom stereocenters. The van der Waals surface area contributed by atoms with E-state index in [9.17, 15) is 13.6 Å². The van der Waals surface area contributed by atoms with E-state index in [0.29, 0.717) is 18.8 Å². The predicted molar refractivity (Wildman–Crippen MR) is 158 cm³/mol. The average molecular weight is 561 g/mol. The van der Waals surface area contributed by atoms with Crippen molar-refractivity contribution in [3.8, 4) is 0 Å². The molecule has 0 saturated carbocycles. The molecule has 0 atom stereocenters. The largest absolute Gasteiger partial charge is 0.379 e. The molecule has 4 aromatic rings. The number of halogens is 2. The summed E-state index contributed by atoms with van der Waals surface area (Å²) in [7, 11) is 4.02. The molecule has 5 rings (SSSR count). The Morgan fingerprint density at radius 1 is 0.902 bits per heavy atom. The van der Waals surface area contributed by atoms with E-state index >= 15 is 0 Å². The van der Waals surface area contributed by atoms with E-state index in [1.807, 2.05) is 38.4 Å². The van der Waals surface area contributed by atoms with Crippen molar-refractivity contribution in [1.82, 2.24) is 19.7 Å². The Hall–Kier alpha value is -3.59. The van der Waals surface area contributed by atoms with Gasteiger partial charge in [0.2, 0.25) is 0 Å². The van der Waals surface area contributed by atoms with Gasteiger partial charge in [-0.05, 0) is 68.5 Å². The second-order valence-corrected chi connectivity index (χ2v) is 10.8. The summed E-state index contributed by atoms with van der Waals surface area (Å²) in [4.78, 5) is 18.6. The Kier molecular flexibility index (Phi) is 9.44. The second-order valence-electron chi connectivity index (χ2n) is 10.8. The van der Waals surface area contributed by atoms with E-state index in [4.69, 9.17) is 4.74 Å². The van der Waals surface area contributed by atoms with Crippen molar-refractivity contribution in [3.63, 3.8) is 0 Å². The quantitative estimate of drug-likeness (QED) is 0.259. The number of aromatic nitrogens is 1. The minimum absolute atomic E-state index is 0.147. The second kappa shape index (κ2) is 13.4. The van der Waals surface area contributed by atoms with Crippen LogP contribution in [0.4, 0.5) is 8.78 Å². The molecule has 1 saturated heterocycles. The highest BCUT2D eigenvalue weighted by atomic mass is 19.1. The summed E-state index contributed by atoms with van der Waals surface area (Å²) in [6.45, 7) is 6.11. The van der Waals surface area contributed by atoms with Gasteiger partial charge in [-0.1, -0.05) is 42.5 Å². The standard InChI is InChI=1S/C33H38F2N4O2/c1-37(2)18-19-39-29-7-4-3-6-28(29)31(32(39)33(40)36-16-5-17-38-20-22-41-23-21-38)30(24-8-12-26(34)13-9-24)25-10-14-27(35)15-11-25/h3-4,6-15,30H,5,16-23H2,1-2H3,(H,36,40). The first-order valence-corrected chi connectivity index (χ1v) is 14.3. The highest BCUT2D eigenvalue weighted by molar-refractivity contribution is 6.02. The van der Waals surface area contributed by atoms with Gasteiger partial charge in [0.1, 0.15) is 17.3 Å². The van der Waals surface area contributed by atoms with Gasteiger partial charge < -0.3 is 19.5 Å². The van der Waals surface area contributed by atoms with Crippen molar-refractivity contribution >= 4 is 16.8 Å². The van der Waals surface area contributed by atoms with E-state index < -0.39 is 5.92 Å². The van der Waals surface area contributed by atoms with Crippen LogP contribution in [-0.4, -0.2) is 80.3 Å². The number of likely N-dealkylation sites (N-methyl/N-ethyl adjacent to an activating group) is 1. The molecule has 0 radical (unpaired) electrons. The predicted octanol–water partition coefficient (Wildman–Crippen LogP) is 5.11. The summed E-state index contributed by atoms with van der Waals surface area (Å²) in [6, 6.07) is 20.8. The van der Waals surface area contributed by atoms with Crippen molar-refractivity contribution in [2.24, 2.45) is 0 Å². The fourth-order valence-electron chi connectivity index (χ4n) is 5.65. The zero-order chi connectivity index (χ0) is 28.8. The maximum absolute atomic E-state index is 14.1. The number of carbonyl (C=O) groups is 1. The van der Waals surface area contributed by atoms with E-state index in [0.717, 1.165) is 73.4 Å². The van der Waals surface area contributed by atoms with Gasteiger partial charge in [-0.3, -0.25) is 9.69 Å². The molecule has 2 heterocycles. The number of amides is 1.